The summed E-state index contributed by atoms with van der Waals surface area (Å²) < 4.78 is 38.0. The number of methoxy groups -OCH3 is 2. The number of halogens is 1. The number of rotatable bonds is 9. The number of ether oxygens (including phenoxy) is 2. The largest absolute Gasteiger partial charge is 0.465 e. The Bertz CT molecular complexity index is 1330. The molecule has 0 heterocycles. The number of hydrogen-bond acceptors (Lipinski definition) is 7. The quantitative estimate of drug-likeness (QED) is 0.385. The van der Waals surface area contributed by atoms with Crippen molar-refractivity contribution in [1.82, 2.24) is 4.31 Å². The number of benzene rings is 3. The predicted molar refractivity (Wildman–Crippen MR) is 136 cm³/mol. The predicted octanol–water partition coefficient (Wildman–Crippen LogP) is 3.85. The highest BCUT2D eigenvalue weighted by atomic mass is 79.9. The van der Waals surface area contributed by atoms with Crippen molar-refractivity contribution in [2.24, 2.45) is 0 Å². The first-order chi connectivity index (χ1) is 17.1. The Kier molecular flexibility index (Phi) is 8.97. The monoisotopic (exact) mass is 574 g/mol. The maximum absolute atomic E-state index is 13.4. The molecule has 0 radical (unpaired) electrons. The number of carbonyl (C=O) groups excluding carboxylic acids is 3. The van der Waals surface area contributed by atoms with Gasteiger partial charge in [-0.3, -0.25) is 4.79 Å². The molecule has 3 aromatic carbocycles. The average Bonchev–Trinajstić information content (AvgIpc) is 2.88. The van der Waals surface area contributed by atoms with Crippen LogP contribution < -0.4 is 5.32 Å². The molecule has 0 bridgehead atoms. The third kappa shape index (κ3) is 6.78. The lowest BCUT2D eigenvalue weighted by Crippen LogP contribution is -2.37. The zero-order valence-corrected chi connectivity index (χ0v) is 21.8. The molecule has 9 nitrogen and oxygen atoms in total. The van der Waals surface area contributed by atoms with E-state index < -0.39 is 34.4 Å². The van der Waals surface area contributed by atoms with Gasteiger partial charge in [0, 0.05) is 16.7 Å². The maximum atomic E-state index is 13.4. The highest BCUT2D eigenvalue weighted by molar-refractivity contribution is 9.10. The van der Waals surface area contributed by atoms with Crippen LogP contribution in [0.25, 0.3) is 0 Å². The van der Waals surface area contributed by atoms with Crippen LogP contribution in [-0.4, -0.2) is 51.3 Å². The van der Waals surface area contributed by atoms with Gasteiger partial charge in [0.1, 0.15) is 0 Å². The molecule has 0 aliphatic carbocycles. The number of amides is 1. The molecule has 3 aromatic rings. The maximum Gasteiger partial charge on any atom is 0.337 e. The molecule has 0 unspecified atom stereocenters. The molecule has 0 spiro atoms. The Morgan fingerprint density at radius 3 is 1.94 bits per heavy atom. The summed E-state index contributed by atoms with van der Waals surface area (Å²) in [6, 6.07) is 18.7. The fourth-order valence-corrected chi connectivity index (χ4v) is 4.96. The molecular weight excluding hydrogens is 552 g/mol. The van der Waals surface area contributed by atoms with Gasteiger partial charge in [0.25, 0.3) is 0 Å². The van der Waals surface area contributed by atoms with Crippen molar-refractivity contribution in [3.8, 4) is 0 Å². The fourth-order valence-electron chi connectivity index (χ4n) is 3.29. The molecule has 0 aromatic heterocycles. The van der Waals surface area contributed by atoms with Crippen LogP contribution in [0.1, 0.15) is 26.3 Å². The standard InChI is InChI=1S/C25H23BrN2O7S/c1-34-24(30)18-12-19(25(31)35-2)14-21(13-18)27-23(29)16-28(15-17-8-10-20(26)11-9-17)36(32,33)22-6-4-3-5-7-22/h3-14H,15-16H2,1-2H3,(H,27,29). The molecule has 0 atom stereocenters. The van der Waals surface area contributed by atoms with Gasteiger partial charge in [-0.25, -0.2) is 18.0 Å². The van der Waals surface area contributed by atoms with Gasteiger partial charge in [-0.05, 0) is 48.0 Å². The van der Waals surface area contributed by atoms with Gasteiger partial charge in [0.05, 0.1) is 36.8 Å². The molecule has 188 valence electrons. The van der Waals surface area contributed by atoms with E-state index in [4.69, 9.17) is 9.47 Å². The van der Waals surface area contributed by atoms with Crippen LogP contribution in [0.5, 0.6) is 0 Å². The number of carbonyl (C=O) groups is 3. The van der Waals surface area contributed by atoms with Crippen LogP contribution in [0.4, 0.5) is 5.69 Å². The summed E-state index contributed by atoms with van der Waals surface area (Å²) in [5.41, 5.74) is 0.800. The van der Waals surface area contributed by atoms with E-state index >= 15 is 0 Å². The van der Waals surface area contributed by atoms with Crippen LogP contribution >= 0.6 is 15.9 Å². The first-order valence-corrected chi connectivity index (χ1v) is 12.8. The highest BCUT2D eigenvalue weighted by Gasteiger charge is 2.27. The van der Waals surface area contributed by atoms with Crippen LogP contribution in [0.15, 0.2) is 82.2 Å². The number of hydrogen-bond donors (Lipinski definition) is 1. The van der Waals surface area contributed by atoms with E-state index in [1.54, 1.807) is 42.5 Å². The molecule has 0 saturated carbocycles. The second kappa shape index (κ2) is 11.9. The summed E-state index contributed by atoms with van der Waals surface area (Å²) >= 11 is 3.35. The van der Waals surface area contributed by atoms with Gasteiger partial charge < -0.3 is 14.8 Å². The Hall–Kier alpha value is -3.54. The molecule has 3 rings (SSSR count). The molecule has 0 aliphatic rings. The van der Waals surface area contributed by atoms with Crippen molar-refractivity contribution >= 4 is 49.5 Å². The van der Waals surface area contributed by atoms with Gasteiger partial charge in [-0.1, -0.05) is 46.3 Å². The molecule has 1 N–H and O–H groups in total. The van der Waals surface area contributed by atoms with Gasteiger partial charge in [-0.15, -0.1) is 0 Å². The van der Waals surface area contributed by atoms with Crippen molar-refractivity contribution in [1.29, 1.82) is 0 Å². The van der Waals surface area contributed by atoms with Crippen molar-refractivity contribution in [2.75, 3.05) is 26.1 Å². The van der Waals surface area contributed by atoms with E-state index in [1.807, 2.05) is 0 Å². The molecule has 0 fully saturated rings. The van der Waals surface area contributed by atoms with E-state index in [9.17, 15) is 22.8 Å². The SMILES string of the molecule is COC(=O)c1cc(NC(=O)CN(Cc2ccc(Br)cc2)S(=O)(=O)c2ccccc2)cc(C(=O)OC)c1. The van der Waals surface area contributed by atoms with Gasteiger partial charge in [0.2, 0.25) is 15.9 Å². The average molecular weight is 575 g/mol. The smallest absolute Gasteiger partial charge is 0.337 e. The lowest BCUT2D eigenvalue weighted by atomic mass is 10.1. The lowest BCUT2D eigenvalue weighted by molar-refractivity contribution is -0.116. The van der Waals surface area contributed by atoms with Crippen LogP contribution in [-0.2, 0) is 30.8 Å². The Balaban J connectivity index is 1.91. The van der Waals surface area contributed by atoms with Crippen LogP contribution in [0.3, 0.4) is 0 Å². The van der Waals surface area contributed by atoms with Crippen molar-refractivity contribution in [3.05, 3.63) is 94.0 Å². The first kappa shape index (κ1) is 27.1. The zero-order chi connectivity index (χ0) is 26.3. The van der Waals surface area contributed by atoms with Crippen molar-refractivity contribution in [3.63, 3.8) is 0 Å². The number of esters is 2. The third-order valence-corrected chi connectivity index (χ3v) is 7.37. The number of nitrogens with one attached hydrogen (secondary N) is 1. The minimum Gasteiger partial charge on any atom is -0.465 e. The van der Waals surface area contributed by atoms with Crippen LogP contribution in [0, 0.1) is 0 Å². The van der Waals surface area contributed by atoms with Gasteiger partial charge >= 0.3 is 11.9 Å². The van der Waals surface area contributed by atoms with E-state index in [-0.39, 0.29) is 28.3 Å². The molecule has 0 saturated heterocycles. The number of nitrogens with zero attached hydrogens (tertiary/aromatic N) is 1. The minimum atomic E-state index is -4.04. The summed E-state index contributed by atoms with van der Waals surface area (Å²) in [5, 5.41) is 2.56. The van der Waals surface area contributed by atoms with E-state index in [1.165, 1.54) is 44.6 Å². The molecule has 0 aliphatic heterocycles. The Morgan fingerprint density at radius 2 is 1.42 bits per heavy atom. The summed E-state index contributed by atoms with van der Waals surface area (Å²) in [5.74, 6) is -2.12. The molecule has 11 heteroatoms. The molecule has 1 amide bonds. The molecular formula is C25H23BrN2O7S. The second-order valence-corrected chi connectivity index (χ2v) is 10.4. The number of anilines is 1. The van der Waals surface area contributed by atoms with E-state index in [0.717, 1.165) is 8.78 Å². The molecule has 36 heavy (non-hydrogen) atoms. The minimum absolute atomic E-state index is 0.0133. The fraction of sp³-hybridized carbons (Fsp3) is 0.160. The van der Waals surface area contributed by atoms with Crippen molar-refractivity contribution < 1.29 is 32.3 Å². The summed E-state index contributed by atoms with van der Waals surface area (Å²) in [6.45, 7) is -0.586. The normalized spacial score (nSPS) is 11.1. The number of sulfonamides is 1. The summed E-state index contributed by atoms with van der Waals surface area (Å²) in [4.78, 5) is 37.1. The van der Waals surface area contributed by atoms with Gasteiger partial charge in [-0.2, -0.15) is 4.31 Å². The van der Waals surface area contributed by atoms with Crippen LogP contribution in [0.2, 0.25) is 0 Å². The van der Waals surface area contributed by atoms with Gasteiger partial charge in [0.15, 0.2) is 0 Å². The lowest BCUT2D eigenvalue weighted by Gasteiger charge is -2.22. The summed E-state index contributed by atoms with van der Waals surface area (Å²) in [6.07, 6.45) is 0. The summed E-state index contributed by atoms with van der Waals surface area (Å²) in [7, 11) is -1.67. The Morgan fingerprint density at radius 1 is 0.861 bits per heavy atom. The zero-order valence-electron chi connectivity index (χ0n) is 19.4. The topological polar surface area (TPSA) is 119 Å². The Labute approximate surface area is 217 Å². The highest BCUT2D eigenvalue weighted by Crippen LogP contribution is 2.21. The third-order valence-electron chi connectivity index (χ3n) is 5.03. The second-order valence-electron chi connectivity index (χ2n) is 7.54. The van der Waals surface area contributed by atoms with Crippen molar-refractivity contribution in [2.45, 2.75) is 11.4 Å². The first-order valence-electron chi connectivity index (χ1n) is 10.5. The van der Waals surface area contributed by atoms with E-state index in [0.29, 0.717) is 5.56 Å². The van der Waals surface area contributed by atoms with E-state index in [2.05, 4.69) is 21.2 Å².